The second-order valence-electron chi connectivity index (χ2n) is 3.52. The molecule has 0 aromatic heterocycles. The van der Waals surface area contributed by atoms with E-state index in [-0.39, 0.29) is 0 Å². The molecule has 0 aromatic rings. The Morgan fingerprint density at radius 2 is 2.08 bits per heavy atom. The highest BCUT2D eigenvalue weighted by atomic mass is 15.2. The molecule has 0 amide bonds. The van der Waals surface area contributed by atoms with Gasteiger partial charge in [0.1, 0.15) is 13.6 Å². The maximum Gasteiger partial charge on any atom is 0.401 e. The van der Waals surface area contributed by atoms with Crippen LogP contribution < -0.4 is 0 Å². The van der Waals surface area contributed by atoms with Gasteiger partial charge in [-0.2, -0.15) is 9.15 Å². The lowest BCUT2D eigenvalue weighted by atomic mass is 10.2. The van der Waals surface area contributed by atoms with Crippen LogP contribution in [0.1, 0.15) is 32.6 Å². The second-order valence-corrected chi connectivity index (χ2v) is 3.52. The van der Waals surface area contributed by atoms with E-state index in [0.29, 0.717) is 0 Å². The minimum absolute atomic E-state index is 1.10. The molecule has 1 heterocycles. The van der Waals surface area contributed by atoms with Gasteiger partial charge in [0.25, 0.3) is 0 Å². The smallest absolute Gasteiger partial charge is 0.171 e. The molecule has 0 bridgehead atoms. The van der Waals surface area contributed by atoms with Crippen LogP contribution in [0.25, 0.3) is 0 Å². The van der Waals surface area contributed by atoms with E-state index in [9.17, 15) is 0 Å². The summed E-state index contributed by atoms with van der Waals surface area (Å²) in [5.74, 6) is 0. The summed E-state index contributed by atoms with van der Waals surface area (Å²) in [6.45, 7) is 4.58. The summed E-state index contributed by atoms with van der Waals surface area (Å²) in [5.41, 5.74) is 0. The predicted molar refractivity (Wildman–Crippen MR) is 52.4 cm³/mol. The normalized spacial score (nSPS) is 16.2. The van der Waals surface area contributed by atoms with Crippen LogP contribution >= 0.6 is 0 Å². The number of rotatable bonds is 5. The molecule has 0 aliphatic carbocycles. The number of unbranched alkanes of at least 4 members (excludes halogenated alkanes) is 3. The van der Waals surface area contributed by atoms with Crippen LogP contribution in [-0.4, -0.2) is 41.8 Å². The van der Waals surface area contributed by atoms with Gasteiger partial charge in [0, 0.05) is 6.42 Å². The van der Waals surface area contributed by atoms with Gasteiger partial charge in [0.15, 0.2) is 0 Å². The number of hydrogen-bond acceptors (Lipinski definition) is 0. The van der Waals surface area contributed by atoms with Crippen molar-refractivity contribution in [1.29, 1.82) is 0 Å². The summed E-state index contributed by atoms with van der Waals surface area (Å²) in [5, 5.41) is 0. The molecule has 0 saturated carbocycles. The van der Waals surface area contributed by atoms with Crippen molar-refractivity contribution < 1.29 is 9.15 Å². The zero-order chi connectivity index (χ0) is 8.81. The molecule has 1 rings (SSSR count). The zero-order valence-corrected chi connectivity index (χ0v) is 8.29. The van der Waals surface area contributed by atoms with Crippen molar-refractivity contribution >= 4 is 12.6 Å². The van der Waals surface area contributed by atoms with E-state index < -0.39 is 0 Å². The Morgan fingerprint density at radius 3 is 2.67 bits per heavy atom. The Labute approximate surface area is 75.2 Å². The summed E-state index contributed by atoms with van der Waals surface area (Å²) in [7, 11) is 2.09. The Balaban J connectivity index is 2.06. The quantitative estimate of drug-likeness (QED) is 0.431. The van der Waals surface area contributed by atoms with Crippen molar-refractivity contribution in [2.75, 3.05) is 20.1 Å². The van der Waals surface area contributed by atoms with Crippen LogP contribution in [0.5, 0.6) is 0 Å². The van der Waals surface area contributed by atoms with Crippen molar-refractivity contribution in [3.8, 4) is 0 Å². The van der Waals surface area contributed by atoms with Crippen molar-refractivity contribution in [3.63, 3.8) is 0 Å². The molecule has 12 heavy (non-hydrogen) atoms. The largest absolute Gasteiger partial charge is 0.401 e. The Kier molecular flexibility index (Phi) is 3.98. The van der Waals surface area contributed by atoms with Crippen molar-refractivity contribution in [2.45, 2.75) is 32.6 Å². The highest BCUT2D eigenvalue weighted by molar-refractivity contribution is 5.61. The molecule has 68 valence electrons. The van der Waals surface area contributed by atoms with Gasteiger partial charge < -0.3 is 0 Å². The minimum Gasteiger partial charge on any atom is -0.171 e. The third kappa shape index (κ3) is 3.16. The summed E-state index contributed by atoms with van der Waals surface area (Å²) < 4.78 is 4.51. The molecule has 1 aliphatic heterocycles. The van der Waals surface area contributed by atoms with Gasteiger partial charge in [-0.05, 0) is 6.42 Å². The monoisotopic (exact) mass is 168 g/mol. The molecular formula is C10H20N2+2. The summed E-state index contributed by atoms with van der Waals surface area (Å²) in [6.07, 6.45) is 9.82. The first kappa shape index (κ1) is 9.43. The lowest BCUT2D eigenvalue weighted by Crippen LogP contribution is -2.12. The molecule has 0 radical (unpaired) electrons. The fourth-order valence-corrected chi connectivity index (χ4v) is 1.48. The molecule has 0 aromatic carbocycles. The fourth-order valence-electron chi connectivity index (χ4n) is 1.48. The van der Waals surface area contributed by atoms with Gasteiger partial charge in [-0.1, -0.05) is 19.8 Å². The van der Waals surface area contributed by atoms with E-state index in [1.807, 2.05) is 0 Å². The highest BCUT2D eigenvalue weighted by Gasteiger charge is 2.14. The van der Waals surface area contributed by atoms with Crippen LogP contribution in [-0.2, 0) is 0 Å². The van der Waals surface area contributed by atoms with E-state index in [0.717, 1.165) is 6.54 Å². The molecule has 0 saturated heterocycles. The molecule has 0 spiro atoms. The third-order valence-electron chi connectivity index (χ3n) is 2.25. The van der Waals surface area contributed by atoms with Crippen molar-refractivity contribution in [3.05, 3.63) is 0 Å². The molecule has 0 fully saturated rings. The minimum atomic E-state index is 1.10. The molecule has 0 unspecified atom stereocenters. The molecule has 0 N–H and O–H groups in total. The molecular weight excluding hydrogens is 148 g/mol. The van der Waals surface area contributed by atoms with Gasteiger partial charge in [-0.3, -0.25) is 0 Å². The lowest BCUT2D eigenvalue weighted by molar-refractivity contribution is -0.531. The first-order chi connectivity index (χ1) is 5.83. The summed E-state index contributed by atoms with van der Waals surface area (Å²) in [4.78, 5) is 0. The molecule has 2 heteroatoms. The van der Waals surface area contributed by atoms with E-state index >= 15 is 0 Å². The predicted octanol–water partition coefficient (Wildman–Crippen LogP) is 1.33. The van der Waals surface area contributed by atoms with Gasteiger partial charge in [-0.15, -0.1) is 0 Å². The summed E-state index contributed by atoms with van der Waals surface area (Å²) in [6, 6.07) is 0. The topological polar surface area (TPSA) is 6.02 Å². The lowest BCUT2D eigenvalue weighted by Gasteiger charge is -1.94. The maximum absolute atomic E-state index is 2.37. The molecule has 2 nitrogen and oxygen atoms in total. The number of nitrogens with zero attached hydrogens (tertiary/aromatic N) is 2. The Bertz CT molecular complexity index is 192. The van der Waals surface area contributed by atoms with Crippen LogP contribution in [0, 0.1) is 0 Å². The zero-order valence-electron chi connectivity index (χ0n) is 8.29. The Hall–Kier alpha value is -0.660. The average molecular weight is 168 g/mol. The van der Waals surface area contributed by atoms with E-state index in [1.165, 1.54) is 32.2 Å². The second kappa shape index (κ2) is 5.07. The summed E-state index contributed by atoms with van der Waals surface area (Å²) >= 11 is 0. The van der Waals surface area contributed by atoms with Crippen molar-refractivity contribution in [2.24, 2.45) is 0 Å². The van der Waals surface area contributed by atoms with Crippen LogP contribution in [0.4, 0.5) is 0 Å². The van der Waals surface area contributed by atoms with Gasteiger partial charge in [0.2, 0.25) is 12.8 Å². The van der Waals surface area contributed by atoms with Crippen LogP contribution in [0.2, 0.25) is 0 Å². The molecule has 0 atom stereocenters. The number of hydrogen-bond donors (Lipinski definition) is 0. The van der Waals surface area contributed by atoms with E-state index in [1.54, 1.807) is 0 Å². The first-order valence-electron chi connectivity index (χ1n) is 4.97. The van der Waals surface area contributed by atoms with Crippen molar-refractivity contribution in [1.82, 2.24) is 0 Å². The first-order valence-corrected chi connectivity index (χ1v) is 4.97. The van der Waals surface area contributed by atoms with Crippen LogP contribution in [0.15, 0.2) is 0 Å². The van der Waals surface area contributed by atoms with Gasteiger partial charge in [0.05, 0.1) is 0 Å². The molecule has 1 aliphatic rings. The average Bonchev–Trinajstić information content (AvgIpc) is 2.45. The standard InChI is InChI=1S/C10H20N2/c1-3-4-5-6-7-12-9-8-11(2)10-12/h8,10H,3-7,9H2,1-2H3/q+2. The SMILES string of the molecule is CCCCCC[N+]1=C[N+](C)=CC1. The van der Waals surface area contributed by atoms with Gasteiger partial charge in [-0.25, -0.2) is 0 Å². The highest BCUT2D eigenvalue weighted by Crippen LogP contribution is 1.98. The van der Waals surface area contributed by atoms with Gasteiger partial charge >= 0.3 is 6.34 Å². The maximum atomic E-state index is 2.37. The third-order valence-corrected chi connectivity index (χ3v) is 2.25. The van der Waals surface area contributed by atoms with E-state index in [4.69, 9.17) is 0 Å². The Morgan fingerprint density at radius 1 is 1.25 bits per heavy atom. The fraction of sp³-hybridized carbons (Fsp3) is 0.800. The van der Waals surface area contributed by atoms with Crippen LogP contribution in [0.3, 0.4) is 0 Å². The van der Waals surface area contributed by atoms with E-state index in [2.05, 4.69) is 35.7 Å².